The van der Waals surface area contributed by atoms with Crippen LogP contribution in [0.3, 0.4) is 0 Å². The Labute approximate surface area is 114 Å². The molecule has 0 aliphatic heterocycles. The highest BCUT2D eigenvalue weighted by atomic mass is 79.9. The molecule has 0 spiro atoms. The number of carbonyl (C=O) groups excluding carboxylic acids is 1. The molecule has 2 N–H and O–H groups in total. The van der Waals surface area contributed by atoms with Crippen molar-refractivity contribution in [3.63, 3.8) is 0 Å². The summed E-state index contributed by atoms with van der Waals surface area (Å²) < 4.78 is 0. The van der Waals surface area contributed by atoms with E-state index in [1.165, 1.54) is 18.2 Å². The molecule has 0 aliphatic rings. The lowest BCUT2D eigenvalue weighted by atomic mass is 10.1. The van der Waals surface area contributed by atoms with Crippen molar-refractivity contribution in [2.24, 2.45) is 5.92 Å². The molecule has 1 unspecified atom stereocenters. The molecular formula is C12H15BrClNO2. The third kappa shape index (κ3) is 4.21. The second-order valence-electron chi connectivity index (χ2n) is 4.14. The highest BCUT2D eigenvalue weighted by molar-refractivity contribution is 9.09. The smallest absolute Gasteiger partial charge is 0.251 e. The zero-order valence-electron chi connectivity index (χ0n) is 9.71. The molecule has 0 saturated carbocycles. The molecule has 1 aromatic rings. The van der Waals surface area contributed by atoms with E-state index >= 15 is 0 Å². The van der Waals surface area contributed by atoms with Crippen molar-refractivity contribution in [2.45, 2.75) is 18.7 Å². The van der Waals surface area contributed by atoms with Gasteiger partial charge < -0.3 is 10.4 Å². The molecule has 1 aromatic carbocycles. The summed E-state index contributed by atoms with van der Waals surface area (Å²) in [5, 5.41) is 12.2. The highest BCUT2D eigenvalue weighted by Crippen LogP contribution is 2.23. The third-order valence-electron chi connectivity index (χ3n) is 2.39. The minimum atomic E-state index is -0.197. The van der Waals surface area contributed by atoms with Crippen LogP contribution in [-0.4, -0.2) is 22.4 Å². The van der Waals surface area contributed by atoms with Gasteiger partial charge in [-0.3, -0.25) is 4.79 Å². The zero-order valence-corrected chi connectivity index (χ0v) is 12.0. The lowest BCUT2D eigenvalue weighted by Gasteiger charge is -2.14. The van der Waals surface area contributed by atoms with E-state index in [1.54, 1.807) is 0 Å². The third-order valence-corrected chi connectivity index (χ3v) is 4.07. The van der Waals surface area contributed by atoms with Crippen LogP contribution >= 0.6 is 27.5 Å². The lowest BCUT2D eigenvalue weighted by molar-refractivity contribution is 0.0953. The van der Waals surface area contributed by atoms with Gasteiger partial charge in [-0.05, 0) is 24.1 Å². The Morgan fingerprint density at radius 1 is 1.53 bits per heavy atom. The Bertz CT molecular complexity index is 409. The first-order chi connectivity index (χ1) is 7.91. The van der Waals surface area contributed by atoms with Crippen LogP contribution in [0.5, 0.6) is 5.75 Å². The molecule has 0 radical (unpaired) electrons. The van der Waals surface area contributed by atoms with Crippen molar-refractivity contribution in [2.75, 3.05) is 6.54 Å². The monoisotopic (exact) mass is 319 g/mol. The zero-order chi connectivity index (χ0) is 13.0. The molecule has 1 amide bonds. The maximum Gasteiger partial charge on any atom is 0.251 e. The summed E-state index contributed by atoms with van der Waals surface area (Å²) in [5.41, 5.74) is 0.441. The Morgan fingerprint density at radius 2 is 2.18 bits per heavy atom. The molecule has 1 atom stereocenters. The molecule has 0 bridgehead atoms. The molecular weight excluding hydrogens is 305 g/mol. The molecule has 1 rings (SSSR count). The number of alkyl halides is 1. The Morgan fingerprint density at radius 3 is 2.71 bits per heavy atom. The summed E-state index contributed by atoms with van der Waals surface area (Å²) in [5.74, 6) is 0.222. The van der Waals surface area contributed by atoms with Gasteiger partial charge in [-0.15, -0.1) is 0 Å². The fourth-order valence-corrected chi connectivity index (χ4v) is 1.52. The van der Waals surface area contributed by atoms with Crippen molar-refractivity contribution in [3.8, 4) is 5.75 Å². The number of amides is 1. The van der Waals surface area contributed by atoms with Gasteiger partial charge >= 0.3 is 0 Å². The van der Waals surface area contributed by atoms with Gasteiger partial charge in [0.05, 0.1) is 5.02 Å². The van der Waals surface area contributed by atoms with E-state index in [0.717, 1.165) is 0 Å². The first-order valence-corrected chi connectivity index (χ1v) is 6.62. The minimum Gasteiger partial charge on any atom is -0.506 e. The number of hydrogen-bond donors (Lipinski definition) is 2. The van der Waals surface area contributed by atoms with Crippen LogP contribution in [0.1, 0.15) is 24.2 Å². The quantitative estimate of drug-likeness (QED) is 0.837. The second kappa shape index (κ2) is 6.26. The summed E-state index contributed by atoms with van der Waals surface area (Å²) in [4.78, 5) is 12.0. The number of rotatable bonds is 4. The van der Waals surface area contributed by atoms with Gasteiger partial charge in [-0.25, -0.2) is 0 Å². The van der Waals surface area contributed by atoms with E-state index in [-0.39, 0.29) is 21.5 Å². The van der Waals surface area contributed by atoms with E-state index in [1.807, 2.05) is 0 Å². The summed E-state index contributed by atoms with van der Waals surface area (Å²) in [6.45, 7) is 4.70. The van der Waals surface area contributed by atoms with Crippen molar-refractivity contribution >= 4 is 33.4 Å². The Hall–Kier alpha value is -0.740. The summed E-state index contributed by atoms with van der Waals surface area (Å²) >= 11 is 9.22. The molecule has 17 heavy (non-hydrogen) atoms. The maximum absolute atomic E-state index is 11.8. The number of phenols is 1. The highest BCUT2D eigenvalue weighted by Gasteiger charge is 2.12. The van der Waals surface area contributed by atoms with Gasteiger partial charge in [-0.1, -0.05) is 41.4 Å². The first kappa shape index (κ1) is 14.3. The average Bonchev–Trinajstić information content (AvgIpc) is 2.28. The van der Waals surface area contributed by atoms with Gasteiger partial charge in [0.1, 0.15) is 5.75 Å². The van der Waals surface area contributed by atoms with Crippen molar-refractivity contribution in [1.82, 2.24) is 5.32 Å². The van der Waals surface area contributed by atoms with Crippen LogP contribution in [0.4, 0.5) is 0 Å². The molecule has 5 heteroatoms. The molecule has 0 aliphatic carbocycles. The van der Waals surface area contributed by atoms with E-state index in [4.69, 9.17) is 11.6 Å². The maximum atomic E-state index is 11.8. The van der Waals surface area contributed by atoms with Crippen LogP contribution < -0.4 is 5.32 Å². The second-order valence-corrected chi connectivity index (χ2v) is 5.72. The standard InChI is InChI=1S/C12H15BrClNO2/c1-7(2)9(13)6-15-12(17)8-3-4-11(16)10(14)5-8/h3-5,7,9,16H,6H2,1-2H3,(H,15,17). The van der Waals surface area contributed by atoms with E-state index in [2.05, 4.69) is 35.1 Å². The van der Waals surface area contributed by atoms with E-state index in [9.17, 15) is 9.90 Å². The average molecular weight is 321 g/mol. The van der Waals surface area contributed by atoms with Crippen molar-refractivity contribution in [3.05, 3.63) is 28.8 Å². The fraction of sp³-hybridized carbons (Fsp3) is 0.417. The summed E-state index contributed by atoms with van der Waals surface area (Å²) in [6.07, 6.45) is 0. The summed E-state index contributed by atoms with van der Waals surface area (Å²) in [7, 11) is 0. The SMILES string of the molecule is CC(C)C(Br)CNC(=O)c1ccc(O)c(Cl)c1. The summed E-state index contributed by atoms with van der Waals surface area (Å²) in [6, 6.07) is 4.39. The van der Waals surface area contributed by atoms with Crippen LogP contribution in [0, 0.1) is 5.92 Å². The number of halogens is 2. The van der Waals surface area contributed by atoms with Crippen LogP contribution in [0.25, 0.3) is 0 Å². The predicted molar refractivity (Wildman–Crippen MR) is 73.0 cm³/mol. The van der Waals surface area contributed by atoms with Gasteiger partial charge in [0.2, 0.25) is 0 Å². The van der Waals surface area contributed by atoms with Crippen molar-refractivity contribution in [1.29, 1.82) is 0 Å². The number of benzene rings is 1. The molecule has 94 valence electrons. The first-order valence-electron chi connectivity index (χ1n) is 5.32. The van der Waals surface area contributed by atoms with Crippen LogP contribution in [0.15, 0.2) is 18.2 Å². The number of phenolic OH excluding ortho intramolecular Hbond substituents is 1. The van der Waals surface area contributed by atoms with E-state index < -0.39 is 0 Å². The van der Waals surface area contributed by atoms with E-state index in [0.29, 0.717) is 18.0 Å². The van der Waals surface area contributed by atoms with Crippen LogP contribution in [0.2, 0.25) is 5.02 Å². The van der Waals surface area contributed by atoms with Gasteiger partial charge in [0.25, 0.3) is 5.91 Å². The molecule has 0 aromatic heterocycles. The predicted octanol–water partition coefficient (Wildman–Crippen LogP) is 3.19. The number of aromatic hydroxyl groups is 1. The number of nitrogens with one attached hydrogen (secondary N) is 1. The molecule has 0 saturated heterocycles. The number of carbonyl (C=O) groups is 1. The fourth-order valence-electron chi connectivity index (χ4n) is 1.18. The normalized spacial score (nSPS) is 12.5. The van der Waals surface area contributed by atoms with Gasteiger partial charge in [0.15, 0.2) is 0 Å². The van der Waals surface area contributed by atoms with Gasteiger partial charge in [0, 0.05) is 16.9 Å². The molecule has 3 nitrogen and oxygen atoms in total. The lowest BCUT2D eigenvalue weighted by Crippen LogP contribution is -2.31. The molecule has 0 heterocycles. The Kier molecular flexibility index (Phi) is 5.28. The topological polar surface area (TPSA) is 49.3 Å². The minimum absolute atomic E-state index is 0.0243. The van der Waals surface area contributed by atoms with Gasteiger partial charge in [-0.2, -0.15) is 0 Å². The molecule has 0 fully saturated rings. The van der Waals surface area contributed by atoms with Crippen molar-refractivity contribution < 1.29 is 9.90 Å². The largest absolute Gasteiger partial charge is 0.506 e. The number of hydrogen-bond acceptors (Lipinski definition) is 2. The van der Waals surface area contributed by atoms with Crippen LogP contribution in [-0.2, 0) is 0 Å². The Balaban J connectivity index is 2.61.